The maximum Gasteiger partial charge on any atom is 0.373 e. The molecule has 0 aliphatic carbocycles. The second-order valence-corrected chi connectivity index (χ2v) is 4.97. The van der Waals surface area contributed by atoms with E-state index < -0.39 is 11.6 Å². The summed E-state index contributed by atoms with van der Waals surface area (Å²) in [6.45, 7) is 4.93. The molecule has 1 atom stereocenters. The number of ether oxygens (including phenoxy) is 1. The van der Waals surface area contributed by atoms with Gasteiger partial charge >= 0.3 is 5.97 Å². The number of methoxy groups -OCH3 is 1. The zero-order valence-electron chi connectivity index (χ0n) is 11.5. The molecule has 5 heteroatoms. The van der Waals surface area contributed by atoms with Crippen LogP contribution in [0.25, 0.3) is 0 Å². The van der Waals surface area contributed by atoms with Crippen molar-refractivity contribution in [3.63, 3.8) is 0 Å². The molecule has 2 heterocycles. The number of hydrogen-bond acceptors (Lipinski definition) is 5. The highest BCUT2D eigenvalue weighted by atomic mass is 16.5. The summed E-state index contributed by atoms with van der Waals surface area (Å²) < 4.78 is 10.1. The fraction of sp³-hybridized carbons (Fsp3) is 0.643. The molecule has 1 saturated heterocycles. The Morgan fingerprint density at radius 1 is 1.47 bits per heavy atom. The normalized spacial score (nSPS) is 25.0. The zero-order valence-corrected chi connectivity index (χ0v) is 11.5. The van der Waals surface area contributed by atoms with Crippen LogP contribution in [0.3, 0.4) is 0 Å². The van der Waals surface area contributed by atoms with Crippen LogP contribution in [0.15, 0.2) is 16.5 Å². The Bertz CT molecular complexity index is 442. The minimum absolute atomic E-state index is 0.141. The van der Waals surface area contributed by atoms with E-state index in [0.717, 1.165) is 26.1 Å². The molecule has 1 aromatic heterocycles. The molecule has 5 nitrogen and oxygen atoms in total. The highest BCUT2D eigenvalue weighted by Crippen LogP contribution is 2.34. The van der Waals surface area contributed by atoms with E-state index in [4.69, 9.17) is 4.42 Å². The van der Waals surface area contributed by atoms with Crippen molar-refractivity contribution in [2.24, 2.45) is 0 Å². The third-order valence-electron chi connectivity index (χ3n) is 3.80. The number of furan rings is 1. The Balaban J connectivity index is 2.15. The summed E-state index contributed by atoms with van der Waals surface area (Å²) in [5, 5.41) is 10.7. The standard InChI is InChI=1S/C14H21NO4/c1-3-15-9-4-7-14(17,8-10-15)12-6-5-11(19-12)13(16)18-2/h5-6,17H,3-4,7-10H2,1-2H3. The lowest BCUT2D eigenvalue weighted by molar-refractivity contribution is -0.000985. The van der Waals surface area contributed by atoms with Crippen molar-refractivity contribution in [3.8, 4) is 0 Å². The van der Waals surface area contributed by atoms with Crippen LogP contribution in [0.4, 0.5) is 0 Å². The van der Waals surface area contributed by atoms with E-state index in [0.29, 0.717) is 18.6 Å². The van der Waals surface area contributed by atoms with Crippen molar-refractivity contribution >= 4 is 5.97 Å². The molecule has 1 fully saturated rings. The number of carbonyl (C=O) groups is 1. The molecule has 0 bridgehead atoms. The molecule has 0 saturated carbocycles. The van der Waals surface area contributed by atoms with Gasteiger partial charge in [-0.25, -0.2) is 4.79 Å². The molecule has 0 aromatic carbocycles. The van der Waals surface area contributed by atoms with Crippen molar-refractivity contribution in [2.75, 3.05) is 26.7 Å². The van der Waals surface area contributed by atoms with E-state index in [1.807, 2.05) is 0 Å². The molecule has 1 aliphatic rings. The first-order chi connectivity index (χ1) is 9.09. The first kappa shape index (κ1) is 14.1. The number of hydrogen-bond donors (Lipinski definition) is 1. The minimum atomic E-state index is -0.976. The first-order valence-corrected chi connectivity index (χ1v) is 6.72. The largest absolute Gasteiger partial charge is 0.463 e. The summed E-state index contributed by atoms with van der Waals surface area (Å²) in [4.78, 5) is 13.7. The molecule has 1 unspecified atom stereocenters. The average Bonchev–Trinajstić information content (AvgIpc) is 2.84. The summed E-state index contributed by atoms with van der Waals surface area (Å²) in [5.41, 5.74) is -0.976. The van der Waals surface area contributed by atoms with Gasteiger partial charge in [-0.2, -0.15) is 0 Å². The van der Waals surface area contributed by atoms with E-state index in [2.05, 4.69) is 16.6 Å². The van der Waals surface area contributed by atoms with Crippen LogP contribution in [0, 0.1) is 0 Å². The maximum absolute atomic E-state index is 11.4. The van der Waals surface area contributed by atoms with Gasteiger partial charge in [0, 0.05) is 6.54 Å². The van der Waals surface area contributed by atoms with Crippen LogP contribution in [0.2, 0.25) is 0 Å². The van der Waals surface area contributed by atoms with Gasteiger partial charge in [0.05, 0.1) is 7.11 Å². The Kier molecular flexibility index (Phi) is 4.27. The van der Waals surface area contributed by atoms with Crippen LogP contribution in [-0.4, -0.2) is 42.7 Å². The third-order valence-corrected chi connectivity index (χ3v) is 3.80. The Morgan fingerprint density at radius 3 is 2.95 bits per heavy atom. The van der Waals surface area contributed by atoms with Gasteiger partial charge in [0.1, 0.15) is 11.4 Å². The molecule has 106 valence electrons. The van der Waals surface area contributed by atoms with E-state index in [9.17, 15) is 9.90 Å². The number of carbonyl (C=O) groups excluding carboxylic acids is 1. The molecule has 0 spiro atoms. The van der Waals surface area contributed by atoms with Crippen molar-refractivity contribution in [2.45, 2.75) is 31.8 Å². The second kappa shape index (κ2) is 5.75. The van der Waals surface area contributed by atoms with Gasteiger partial charge in [-0.1, -0.05) is 6.92 Å². The van der Waals surface area contributed by atoms with E-state index in [1.165, 1.54) is 7.11 Å². The molecule has 2 rings (SSSR count). The quantitative estimate of drug-likeness (QED) is 0.845. The predicted molar refractivity (Wildman–Crippen MR) is 69.9 cm³/mol. The van der Waals surface area contributed by atoms with Crippen LogP contribution in [-0.2, 0) is 10.3 Å². The fourth-order valence-corrected chi connectivity index (χ4v) is 2.54. The van der Waals surface area contributed by atoms with Gasteiger partial charge in [0.15, 0.2) is 0 Å². The monoisotopic (exact) mass is 267 g/mol. The zero-order chi connectivity index (χ0) is 13.9. The number of aliphatic hydroxyl groups is 1. The van der Waals surface area contributed by atoms with Crippen molar-refractivity contribution < 1.29 is 19.1 Å². The van der Waals surface area contributed by atoms with Crippen molar-refractivity contribution in [1.29, 1.82) is 0 Å². The molecule has 1 aromatic rings. The Hall–Kier alpha value is -1.33. The third kappa shape index (κ3) is 2.98. The van der Waals surface area contributed by atoms with Crippen LogP contribution in [0.5, 0.6) is 0 Å². The first-order valence-electron chi connectivity index (χ1n) is 6.72. The lowest BCUT2D eigenvalue weighted by atomic mass is 9.92. The number of rotatable bonds is 3. The maximum atomic E-state index is 11.4. The molecule has 19 heavy (non-hydrogen) atoms. The molecule has 0 amide bonds. The lowest BCUT2D eigenvalue weighted by Crippen LogP contribution is -2.28. The summed E-state index contributed by atoms with van der Waals surface area (Å²) in [5.74, 6) is 0.0898. The fourth-order valence-electron chi connectivity index (χ4n) is 2.54. The topological polar surface area (TPSA) is 62.9 Å². The molecule has 1 aliphatic heterocycles. The van der Waals surface area contributed by atoms with Gasteiger partial charge in [0.25, 0.3) is 0 Å². The van der Waals surface area contributed by atoms with Crippen LogP contribution < -0.4 is 0 Å². The van der Waals surface area contributed by atoms with E-state index in [-0.39, 0.29) is 5.76 Å². The SMILES string of the molecule is CCN1CCCC(O)(c2ccc(C(=O)OC)o2)CC1. The Morgan fingerprint density at radius 2 is 2.26 bits per heavy atom. The van der Waals surface area contributed by atoms with Gasteiger partial charge in [-0.3, -0.25) is 0 Å². The number of esters is 1. The summed E-state index contributed by atoms with van der Waals surface area (Å²) in [6.07, 6.45) is 2.19. The molecule has 0 radical (unpaired) electrons. The van der Waals surface area contributed by atoms with Gasteiger partial charge in [-0.15, -0.1) is 0 Å². The average molecular weight is 267 g/mol. The van der Waals surface area contributed by atoms with Crippen LogP contribution in [0.1, 0.15) is 42.5 Å². The summed E-state index contributed by atoms with van der Waals surface area (Å²) in [7, 11) is 1.31. The Labute approximate surface area is 113 Å². The molecule has 1 N–H and O–H groups in total. The van der Waals surface area contributed by atoms with Crippen molar-refractivity contribution in [1.82, 2.24) is 4.90 Å². The van der Waals surface area contributed by atoms with Gasteiger partial charge in [-0.05, 0) is 44.5 Å². The van der Waals surface area contributed by atoms with Crippen molar-refractivity contribution in [3.05, 3.63) is 23.7 Å². The lowest BCUT2D eigenvalue weighted by Gasteiger charge is -2.24. The number of likely N-dealkylation sites (tertiary alicyclic amines) is 1. The summed E-state index contributed by atoms with van der Waals surface area (Å²) >= 11 is 0. The minimum Gasteiger partial charge on any atom is -0.463 e. The second-order valence-electron chi connectivity index (χ2n) is 4.97. The smallest absolute Gasteiger partial charge is 0.373 e. The van der Waals surface area contributed by atoms with Gasteiger partial charge < -0.3 is 19.2 Å². The number of nitrogens with zero attached hydrogens (tertiary/aromatic N) is 1. The van der Waals surface area contributed by atoms with E-state index in [1.54, 1.807) is 12.1 Å². The molecular weight excluding hydrogens is 246 g/mol. The highest BCUT2D eigenvalue weighted by Gasteiger charge is 2.35. The van der Waals surface area contributed by atoms with Gasteiger partial charge in [0.2, 0.25) is 5.76 Å². The highest BCUT2D eigenvalue weighted by molar-refractivity contribution is 5.86. The summed E-state index contributed by atoms with van der Waals surface area (Å²) in [6, 6.07) is 3.23. The molecular formula is C14H21NO4. The predicted octanol–water partition coefficient (Wildman–Crippen LogP) is 1.76. The van der Waals surface area contributed by atoms with E-state index >= 15 is 0 Å². The van der Waals surface area contributed by atoms with Crippen LogP contribution >= 0.6 is 0 Å².